The van der Waals surface area contributed by atoms with Gasteiger partial charge in [-0.3, -0.25) is 10.8 Å². The molecule has 0 spiro atoms. The second kappa shape index (κ2) is 5.88. The number of rotatable bonds is 3. The van der Waals surface area contributed by atoms with Crippen LogP contribution in [0.2, 0.25) is 0 Å². The molecule has 1 atom stereocenters. The third-order valence-corrected chi connectivity index (χ3v) is 3.36. The van der Waals surface area contributed by atoms with Crippen molar-refractivity contribution in [2.24, 2.45) is 5.84 Å². The van der Waals surface area contributed by atoms with E-state index in [1.54, 1.807) is 6.20 Å². The topological polar surface area (TPSA) is 50.9 Å². The van der Waals surface area contributed by atoms with E-state index in [2.05, 4.69) is 42.3 Å². The molecule has 1 unspecified atom stereocenters. The summed E-state index contributed by atoms with van der Waals surface area (Å²) >= 11 is 6.82. The van der Waals surface area contributed by atoms with Crippen LogP contribution in [0.25, 0.3) is 0 Å². The highest BCUT2D eigenvalue weighted by Crippen LogP contribution is 2.27. The van der Waals surface area contributed by atoms with E-state index in [1.807, 2.05) is 18.2 Å². The van der Waals surface area contributed by atoms with Crippen molar-refractivity contribution < 1.29 is 4.39 Å². The molecule has 1 aromatic carbocycles. The van der Waals surface area contributed by atoms with Crippen molar-refractivity contribution in [3.8, 4) is 0 Å². The summed E-state index contributed by atoms with van der Waals surface area (Å²) in [7, 11) is 0. The third-order valence-electron chi connectivity index (χ3n) is 2.44. The fourth-order valence-electron chi connectivity index (χ4n) is 1.71. The highest BCUT2D eigenvalue weighted by molar-refractivity contribution is 9.11. The number of nitrogens with zero attached hydrogens (tertiary/aromatic N) is 1. The molecule has 94 valence electrons. The Morgan fingerprint density at radius 2 is 1.72 bits per heavy atom. The Labute approximate surface area is 121 Å². The molecule has 2 aromatic rings. The number of aromatic nitrogens is 1. The Hall–Kier alpha value is -0.820. The fraction of sp³-hybridized carbons (Fsp3) is 0.0833. The Balaban J connectivity index is 2.45. The van der Waals surface area contributed by atoms with Crippen molar-refractivity contribution >= 4 is 31.9 Å². The van der Waals surface area contributed by atoms with Crippen LogP contribution in [0.3, 0.4) is 0 Å². The van der Waals surface area contributed by atoms with Gasteiger partial charge in [-0.25, -0.2) is 9.82 Å². The molecule has 0 aliphatic carbocycles. The average Bonchev–Trinajstić information content (AvgIpc) is 2.28. The number of pyridine rings is 1. The first-order valence-electron chi connectivity index (χ1n) is 5.12. The van der Waals surface area contributed by atoms with E-state index in [-0.39, 0.29) is 11.9 Å². The summed E-state index contributed by atoms with van der Waals surface area (Å²) in [4.78, 5) is 3.83. The lowest BCUT2D eigenvalue weighted by molar-refractivity contribution is 0.597. The Morgan fingerprint density at radius 1 is 1.06 bits per heavy atom. The number of hydrazine groups is 1. The SMILES string of the molecule is NNC(c1cncc(F)c1)c1cc(Br)cc(Br)c1. The van der Waals surface area contributed by atoms with Crippen LogP contribution < -0.4 is 11.3 Å². The van der Waals surface area contributed by atoms with Crippen molar-refractivity contribution in [1.29, 1.82) is 0 Å². The first-order chi connectivity index (χ1) is 8.60. The number of nitrogens with two attached hydrogens (primary N) is 1. The summed E-state index contributed by atoms with van der Waals surface area (Å²) in [6.45, 7) is 0. The predicted molar refractivity (Wildman–Crippen MR) is 75.2 cm³/mol. The molecule has 0 radical (unpaired) electrons. The number of nitrogens with one attached hydrogen (secondary N) is 1. The lowest BCUT2D eigenvalue weighted by Crippen LogP contribution is -2.29. The number of hydrogen-bond donors (Lipinski definition) is 2. The molecule has 18 heavy (non-hydrogen) atoms. The standard InChI is InChI=1S/C12H10Br2FN3/c13-9-1-7(2-10(14)4-9)12(18-16)8-3-11(15)6-17-5-8/h1-6,12,18H,16H2. The smallest absolute Gasteiger partial charge is 0.141 e. The molecule has 0 bridgehead atoms. The van der Waals surface area contributed by atoms with Crippen LogP contribution in [0.1, 0.15) is 17.2 Å². The van der Waals surface area contributed by atoms with Crippen molar-refractivity contribution in [3.05, 3.63) is 62.5 Å². The summed E-state index contributed by atoms with van der Waals surface area (Å²) in [5.41, 5.74) is 4.25. The van der Waals surface area contributed by atoms with Crippen LogP contribution in [-0.2, 0) is 0 Å². The summed E-state index contributed by atoms with van der Waals surface area (Å²) in [6, 6.07) is 6.84. The molecule has 1 aromatic heterocycles. The normalized spacial score (nSPS) is 12.4. The summed E-state index contributed by atoms with van der Waals surface area (Å²) < 4.78 is 15.0. The molecule has 3 nitrogen and oxygen atoms in total. The number of benzene rings is 1. The molecule has 0 fully saturated rings. The quantitative estimate of drug-likeness (QED) is 0.640. The van der Waals surface area contributed by atoms with E-state index in [0.717, 1.165) is 20.7 Å². The van der Waals surface area contributed by atoms with Gasteiger partial charge >= 0.3 is 0 Å². The van der Waals surface area contributed by atoms with Crippen molar-refractivity contribution in [3.63, 3.8) is 0 Å². The Morgan fingerprint density at radius 3 is 2.28 bits per heavy atom. The van der Waals surface area contributed by atoms with Gasteiger partial charge in [0.15, 0.2) is 0 Å². The van der Waals surface area contributed by atoms with E-state index in [0.29, 0.717) is 5.56 Å². The lowest BCUT2D eigenvalue weighted by Gasteiger charge is -2.17. The van der Waals surface area contributed by atoms with Crippen LogP contribution in [0.5, 0.6) is 0 Å². The maximum atomic E-state index is 13.2. The van der Waals surface area contributed by atoms with Gasteiger partial charge in [-0.2, -0.15) is 0 Å². The number of hydrogen-bond acceptors (Lipinski definition) is 3. The lowest BCUT2D eigenvalue weighted by atomic mass is 10.0. The van der Waals surface area contributed by atoms with Crippen LogP contribution in [0.15, 0.2) is 45.6 Å². The zero-order valence-electron chi connectivity index (χ0n) is 9.20. The minimum atomic E-state index is -0.387. The van der Waals surface area contributed by atoms with Gasteiger partial charge in [0.2, 0.25) is 0 Å². The van der Waals surface area contributed by atoms with Crippen LogP contribution in [0.4, 0.5) is 4.39 Å². The molecule has 1 heterocycles. The van der Waals surface area contributed by atoms with Gasteiger partial charge in [-0.05, 0) is 35.4 Å². The molecule has 3 N–H and O–H groups in total. The largest absolute Gasteiger partial charge is 0.271 e. The Kier molecular flexibility index (Phi) is 4.45. The van der Waals surface area contributed by atoms with Crippen LogP contribution >= 0.6 is 31.9 Å². The molecule has 0 amide bonds. The van der Waals surface area contributed by atoms with Crippen LogP contribution in [-0.4, -0.2) is 4.98 Å². The molecule has 6 heteroatoms. The fourth-order valence-corrected chi connectivity index (χ4v) is 3.04. The molecular weight excluding hydrogens is 365 g/mol. The van der Waals surface area contributed by atoms with E-state index >= 15 is 0 Å². The van der Waals surface area contributed by atoms with Gasteiger partial charge in [-0.15, -0.1) is 0 Å². The molecule has 0 aliphatic heterocycles. The summed E-state index contributed by atoms with van der Waals surface area (Å²) in [6.07, 6.45) is 2.75. The second-order valence-electron chi connectivity index (χ2n) is 3.74. The predicted octanol–water partition coefficient (Wildman–Crippen LogP) is 3.30. The van der Waals surface area contributed by atoms with E-state index in [4.69, 9.17) is 5.84 Å². The second-order valence-corrected chi connectivity index (χ2v) is 5.57. The molecule has 0 saturated carbocycles. The zero-order chi connectivity index (χ0) is 13.1. The molecule has 2 rings (SSSR count). The van der Waals surface area contributed by atoms with Gasteiger partial charge in [0.05, 0.1) is 12.2 Å². The number of halogens is 3. The minimum absolute atomic E-state index is 0.318. The van der Waals surface area contributed by atoms with Gasteiger partial charge in [0.25, 0.3) is 0 Å². The monoisotopic (exact) mass is 373 g/mol. The van der Waals surface area contributed by atoms with E-state index in [1.165, 1.54) is 6.07 Å². The van der Waals surface area contributed by atoms with Gasteiger partial charge in [0, 0.05) is 15.1 Å². The molecular formula is C12H10Br2FN3. The maximum Gasteiger partial charge on any atom is 0.141 e. The van der Waals surface area contributed by atoms with Crippen molar-refractivity contribution in [2.45, 2.75) is 6.04 Å². The Bertz CT molecular complexity index is 543. The maximum absolute atomic E-state index is 13.2. The first-order valence-corrected chi connectivity index (χ1v) is 6.71. The molecule has 0 saturated heterocycles. The summed E-state index contributed by atoms with van der Waals surface area (Å²) in [5.74, 6) is 5.17. The van der Waals surface area contributed by atoms with Gasteiger partial charge in [-0.1, -0.05) is 31.9 Å². The highest BCUT2D eigenvalue weighted by atomic mass is 79.9. The van der Waals surface area contributed by atoms with Gasteiger partial charge < -0.3 is 0 Å². The highest BCUT2D eigenvalue weighted by Gasteiger charge is 2.14. The van der Waals surface area contributed by atoms with Crippen LogP contribution in [0, 0.1) is 5.82 Å². The average molecular weight is 375 g/mol. The van der Waals surface area contributed by atoms with Gasteiger partial charge in [0.1, 0.15) is 5.82 Å². The molecule has 0 aliphatic rings. The van der Waals surface area contributed by atoms with Crippen molar-refractivity contribution in [2.75, 3.05) is 0 Å². The summed E-state index contributed by atoms with van der Waals surface area (Å²) in [5, 5.41) is 0. The zero-order valence-corrected chi connectivity index (χ0v) is 12.4. The third kappa shape index (κ3) is 3.14. The van der Waals surface area contributed by atoms with E-state index < -0.39 is 0 Å². The van der Waals surface area contributed by atoms with E-state index in [9.17, 15) is 4.39 Å². The minimum Gasteiger partial charge on any atom is -0.271 e. The van der Waals surface area contributed by atoms with Crippen molar-refractivity contribution in [1.82, 2.24) is 10.4 Å². The first kappa shape index (κ1) is 13.6.